The summed E-state index contributed by atoms with van der Waals surface area (Å²) < 4.78 is 4.49. The van der Waals surface area contributed by atoms with Crippen LogP contribution in [0.1, 0.15) is 15.9 Å². The molecule has 0 bridgehead atoms. The number of phenolic OH excluding ortho intramolecular Hbond substituents is 1. The number of carbonyl (C=O) groups excluding carboxylic acids is 2. The first-order chi connectivity index (χ1) is 11.0. The first-order valence-corrected chi connectivity index (χ1v) is 7.08. The van der Waals surface area contributed by atoms with Gasteiger partial charge in [0, 0.05) is 17.8 Å². The Hall–Kier alpha value is -2.73. The van der Waals surface area contributed by atoms with Gasteiger partial charge in [-0.3, -0.25) is 10.1 Å². The first-order valence-electron chi connectivity index (χ1n) is 6.70. The molecular formula is C16H15ClN2O4. The predicted octanol–water partition coefficient (Wildman–Crippen LogP) is 3.15. The minimum atomic E-state index is -0.546. The van der Waals surface area contributed by atoms with Crippen LogP contribution in [0.4, 0.5) is 10.5 Å². The number of nitrogens with one attached hydrogen (secondary N) is 2. The Morgan fingerprint density at radius 2 is 1.87 bits per heavy atom. The fourth-order valence-electron chi connectivity index (χ4n) is 1.81. The number of anilines is 1. The van der Waals surface area contributed by atoms with Gasteiger partial charge in [-0.15, -0.1) is 0 Å². The van der Waals surface area contributed by atoms with Crippen molar-refractivity contribution in [1.82, 2.24) is 5.32 Å². The van der Waals surface area contributed by atoms with Crippen molar-refractivity contribution in [2.45, 2.75) is 6.54 Å². The number of halogens is 1. The maximum absolute atomic E-state index is 12.0. The van der Waals surface area contributed by atoms with Gasteiger partial charge in [0.1, 0.15) is 5.75 Å². The minimum Gasteiger partial charge on any atom is -0.506 e. The van der Waals surface area contributed by atoms with Gasteiger partial charge in [-0.1, -0.05) is 23.7 Å². The lowest BCUT2D eigenvalue weighted by atomic mass is 10.1. The Balaban J connectivity index is 1.93. The van der Waals surface area contributed by atoms with E-state index >= 15 is 0 Å². The van der Waals surface area contributed by atoms with Crippen LogP contribution in [0.15, 0.2) is 42.5 Å². The standard InChI is InChI=1S/C16H15ClN2O4/c1-23-16(22)19-12-5-2-10(3-6-12)9-18-15(21)11-4-7-14(20)13(17)8-11/h2-8,20H,9H2,1H3,(H,18,21)(H,19,22). The van der Waals surface area contributed by atoms with Gasteiger partial charge < -0.3 is 15.2 Å². The minimum absolute atomic E-state index is 0.0723. The fourth-order valence-corrected chi connectivity index (χ4v) is 1.99. The number of rotatable bonds is 4. The fraction of sp³-hybridized carbons (Fsp3) is 0.125. The van der Waals surface area contributed by atoms with Crippen LogP contribution in [0, 0.1) is 0 Å². The van der Waals surface area contributed by atoms with E-state index in [4.69, 9.17) is 11.6 Å². The van der Waals surface area contributed by atoms with Crippen LogP contribution in [-0.2, 0) is 11.3 Å². The highest BCUT2D eigenvalue weighted by Gasteiger charge is 2.08. The number of amides is 2. The van der Waals surface area contributed by atoms with Gasteiger partial charge >= 0.3 is 6.09 Å². The topological polar surface area (TPSA) is 87.7 Å². The Labute approximate surface area is 138 Å². The van der Waals surface area contributed by atoms with Crippen molar-refractivity contribution < 1.29 is 19.4 Å². The maximum Gasteiger partial charge on any atom is 0.411 e. The van der Waals surface area contributed by atoms with Gasteiger partial charge in [-0.25, -0.2) is 4.79 Å². The summed E-state index contributed by atoms with van der Waals surface area (Å²) in [4.78, 5) is 23.1. The zero-order valence-electron chi connectivity index (χ0n) is 12.3. The molecule has 0 aliphatic rings. The van der Waals surface area contributed by atoms with E-state index in [2.05, 4.69) is 15.4 Å². The lowest BCUT2D eigenvalue weighted by molar-refractivity contribution is 0.0951. The Bertz CT molecular complexity index is 717. The molecule has 0 spiro atoms. The second-order valence-corrected chi connectivity index (χ2v) is 5.07. The SMILES string of the molecule is COC(=O)Nc1ccc(CNC(=O)c2ccc(O)c(Cl)c2)cc1. The average Bonchev–Trinajstić information content (AvgIpc) is 2.56. The summed E-state index contributed by atoms with van der Waals surface area (Å²) in [5.41, 5.74) is 1.81. The van der Waals surface area contributed by atoms with Crippen LogP contribution in [0.3, 0.4) is 0 Å². The summed E-state index contributed by atoms with van der Waals surface area (Å²) in [6.07, 6.45) is -0.546. The summed E-state index contributed by atoms with van der Waals surface area (Å²) in [6.45, 7) is 0.315. The van der Waals surface area contributed by atoms with Crippen molar-refractivity contribution in [2.75, 3.05) is 12.4 Å². The molecule has 2 aromatic rings. The van der Waals surface area contributed by atoms with E-state index in [1.165, 1.54) is 25.3 Å². The Kier molecular flexibility index (Phi) is 5.43. The van der Waals surface area contributed by atoms with E-state index in [9.17, 15) is 14.7 Å². The lowest BCUT2D eigenvalue weighted by Crippen LogP contribution is -2.22. The lowest BCUT2D eigenvalue weighted by Gasteiger charge is -2.08. The molecule has 0 radical (unpaired) electrons. The van der Waals surface area contributed by atoms with Crippen LogP contribution >= 0.6 is 11.6 Å². The number of hydrogen-bond acceptors (Lipinski definition) is 4. The van der Waals surface area contributed by atoms with Gasteiger partial charge in [0.15, 0.2) is 0 Å². The van der Waals surface area contributed by atoms with E-state index in [0.29, 0.717) is 17.8 Å². The van der Waals surface area contributed by atoms with Crippen molar-refractivity contribution in [3.8, 4) is 5.75 Å². The average molecular weight is 335 g/mol. The van der Waals surface area contributed by atoms with Crippen molar-refractivity contribution >= 4 is 29.3 Å². The monoisotopic (exact) mass is 334 g/mol. The van der Waals surface area contributed by atoms with Crippen LogP contribution in [0.2, 0.25) is 5.02 Å². The quantitative estimate of drug-likeness (QED) is 0.801. The zero-order valence-corrected chi connectivity index (χ0v) is 13.1. The normalized spacial score (nSPS) is 10.0. The molecule has 7 heteroatoms. The summed E-state index contributed by atoms with van der Waals surface area (Å²) in [7, 11) is 1.29. The predicted molar refractivity (Wildman–Crippen MR) is 86.8 cm³/mol. The van der Waals surface area contributed by atoms with Crippen LogP contribution in [-0.4, -0.2) is 24.2 Å². The highest BCUT2D eigenvalue weighted by molar-refractivity contribution is 6.32. The van der Waals surface area contributed by atoms with Crippen molar-refractivity contribution in [3.05, 3.63) is 58.6 Å². The molecule has 23 heavy (non-hydrogen) atoms. The largest absolute Gasteiger partial charge is 0.506 e. The Morgan fingerprint density at radius 1 is 1.17 bits per heavy atom. The second-order valence-electron chi connectivity index (χ2n) is 4.66. The van der Waals surface area contributed by atoms with Crippen molar-refractivity contribution in [2.24, 2.45) is 0 Å². The van der Waals surface area contributed by atoms with Crippen LogP contribution in [0.5, 0.6) is 5.75 Å². The third-order valence-electron chi connectivity index (χ3n) is 3.05. The molecule has 0 aliphatic heterocycles. The van der Waals surface area contributed by atoms with E-state index in [0.717, 1.165) is 5.56 Å². The molecule has 0 aromatic heterocycles. The third kappa shape index (κ3) is 4.62. The number of hydrogen-bond donors (Lipinski definition) is 3. The molecular weight excluding hydrogens is 320 g/mol. The highest BCUT2D eigenvalue weighted by atomic mass is 35.5. The summed E-state index contributed by atoms with van der Waals surface area (Å²) in [5, 5.41) is 14.7. The molecule has 0 saturated carbocycles. The van der Waals surface area contributed by atoms with E-state index in [1.54, 1.807) is 24.3 Å². The zero-order chi connectivity index (χ0) is 16.8. The number of ether oxygens (including phenoxy) is 1. The molecule has 120 valence electrons. The summed E-state index contributed by atoms with van der Waals surface area (Å²) in [5.74, 6) is -0.374. The molecule has 0 atom stereocenters. The van der Waals surface area contributed by atoms with Gasteiger partial charge in [0.05, 0.1) is 12.1 Å². The maximum atomic E-state index is 12.0. The van der Waals surface area contributed by atoms with E-state index < -0.39 is 6.09 Å². The molecule has 0 heterocycles. The van der Waals surface area contributed by atoms with Crippen molar-refractivity contribution in [1.29, 1.82) is 0 Å². The number of aromatic hydroxyl groups is 1. The molecule has 0 aliphatic carbocycles. The van der Waals surface area contributed by atoms with Crippen LogP contribution in [0.25, 0.3) is 0 Å². The van der Waals surface area contributed by atoms with E-state index in [1.807, 2.05) is 0 Å². The summed E-state index contributed by atoms with van der Waals surface area (Å²) >= 11 is 5.77. The molecule has 0 unspecified atom stereocenters. The van der Waals surface area contributed by atoms with Crippen molar-refractivity contribution in [3.63, 3.8) is 0 Å². The molecule has 2 amide bonds. The number of methoxy groups -OCH3 is 1. The number of carbonyl (C=O) groups is 2. The molecule has 2 aromatic carbocycles. The smallest absolute Gasteiger partial charge is 0.411 e. The van der Waals surface area contributed by atoms with Gasteiger partial charge in [0.2, 0.25) is 0 Å². The molecule has 2 rings (SSSR count). The Morgan fingerprint density at radius 3 is 2.48 bits per heavy atom. The highest BCUT2D eigenvalue weighted by Crippen LogP contribution is 2.23. The molecule has 6 nitrogen and oxygen atoms in total. The second kappa shape index (κ2) is 7.51. The first kappa shape index (κ1) is 16.6. The van der Waals surface area contributed by atoms with Gasteiger partial charge in [-0.2, -0.15) is 0 Å². The van der Waals surface area contributed by atoms with Gasteiger partial charge in [0.25, 0.3) is 5.91 Å². The molecule has 0 saturated heterocycles. The van der Waals surface area contributed by atoms with Gasteiger partial charge in [-0.05, 0) is 35.9 Å². The van der Waals surface area contributed by atoms with Crippen LogP contribution < -0.4 is 10.6 Å². The van der Waals surface area contributed by atoms with E-state index in [-0.39, 0.29) is 16.7 Å². The number of phenols is 1. The third-order valence-corrected chi connectivity index (χ3v) is 3.35. The molecule has 0 fully saturated rings. The summed E-state index contributed by atoms with van der Waals surface area (Å²) in [6, 6.07) is 11.2. The molecule has 3 N–H and O–H groups in total. The number of benzene rings is 2.